The van der Waals surface area contributed by atoms with E-state index in [4.69, 9.17) is 9.72 Å². The summed E-state index contributed by atoms with van der Waals surface area (Å²) >= 11 is 0. The van der Waals surface area contributed by atoms with Gasteiger partial charge in [0.1, 0.15) is 5.82 Å². The maximum absolute atomic E-state index is 12.3. The van der Waals surface area contributed by atoms with Crippen LogP contribution in [-0.2, 0) is 4.74 Å². The van der Waals surface area contributed by atoms with Crippen LogP contribution >= 0.6 is 0 Å². The fourth-order valence-corrected chi connectivity index (χ4v) is 5.07. The Kier molecular flexibility index (Phi) is 5.80. The van der Waals surface area contributed by atoms with Crippen molar-refractivity contribution in [3.8, 4) is 0 Å². The standard InChI is InChI=1S/C27H29N3O2/c1-2-17-32-27(31)29-24-18-23-21(19-9-5-3-6-10-19)13-15-30-16-14-22(25(28-24)26(23)30)20-11-7-4-8-12-20/h3-12,18,21-22H,2,13-17H2,1H3,(H,28,29,31)/t21-,22-/m0/s1. The van der Waals surface area contributed by atoms with E-state index in [-0.39, 0.29) is 11.8 Å². The average Bonchev–Trinajstić information content (AvgIpc) is 2.84. The number of ether oxygens (including phenoxy) is 1. The van der Waals surface area contributed by atoms with E-state index in [1.165, 1.54) is 22.4 Å². The minimum absolute atomic E-state index is 0.212. The third kappa shape index (κ3) is 3.95. The smallest absolute Gasteiger partial charge is 0.412 e. The summed E-state index contributed by atoms with van der Waals surface area (Å²) in [5, 5.41) is 2.89. The molecule has 0 aliphatic carbocycles. The van der Waals surface area contributed by atoms with Gasteiger partial charge in [-0.3, -0.25) is 5.32 Å². The maximum atomic E-state index is 12.3. The van der Waals surface area contributed by atoms with Crippen molar-refractivity contribution in [3.05, 3.63) is 89.1 Å². The SMILES string of the molecule is CCCOC(=O)Nc1cc2c3c(n1)[C@H](c1ccccc1)CCN3CC[C@H]2c1ccccc1. The molecule has 0 unspecified atom stereocenters. The van der Waals surface area contributed by atoms with Gasteiger partial charge in [0.05, 0.1) is 18.0 Å². The molecule has 2 aliphatic rings. The molecule has 164 valence electrons. The Balaban J connectivity index is 1.62. The lowest BCUT2D eigenvalue weighted by atomic mass is 9.79. The maximum Gasteiger partial charge on any atom is 0.412 e. The van der Waals surface area contributed by atoms with Crippen LogP contribution in [0.3, 0.4) is 0 Å². The Morgan fingerprint density at radius 3 is 2.28 bits per heavy atom. The van der Waals surface area contributed by atoms with Crippen molar-refractivity contribution in [2.45, 2.75) is 38.0 Å². The van der Waals surface area contributed by atoms with E-state index in [1.54, 1.807) is 0 Å². The van der Waals surface area contributed by atoms with Gasteiger partial charge in [0.25, 0.3) is 0 Å². The fourth-order valence-electron chi connectivity index (χ4n) is 5.07. The van der Waals surface area contributed by atoms with Crippen LogP contribution in [0.1, 0.15) is 60.4 Å². The van der Waals surface area contributed by atoms with E-state index in [1.807, 2.05) is 6.92 Å². The predicted octanol–water partition coefficient (Wildman–Crippen LogP) is 5.92. The number of nitrogens with zero attached hydrogens (tertiary/aromatic N) is 2. The molecule has 5 rings (SSSR count). The average molecular weight is 428 g/mol. The Hall–Kier alpha value is -3.34. The van der Waals surface area contributed by atoms with E-state index < -0.39 is 6.09 Å². The van der Waals surface area contributed by atoms with Gasteiger partial charge in [-0.15, -0.1) is 0 Å². The Bertz CT molecular complexity index is 1010. The van der Waals surface area contributed by atoms with Gasteiger partial charge in [-0.05, 0) is 42.0 Å². The fraction of sp³-hybridized carbons (Fsp3) is 0.333. The third-order valence-electron chi connectivity index (χ3n) is 6.52. The van der Waals surface area contributed by atoms with E-state index in [0.717, 1.165) is 38.0 Å². The van der Waals surface area contributed by atoms with Crippen LogP contribution < -0.4 is 10.2 Å². The van der Waals surface area contributed by atoms with Gasteiger partial charge in [0.2, 0.25) is 0 Å². The molecule has 32 heavy (non-hydrogen) atoms. The predicted molar refractivity (Wildman–Crippen MR) is 128 cm³/mol. The first-order chi connectivity index (χ1) is 15.7. The van der Waals surface area contributed by atoms with E-state index in [2.05, 4.69) is 76.9 Å². The number of amides is 1. The lowest BCUT2D eigenvalue weighted by Crippen LogP contribution is -2.38. The van der Waals surface area contributed by atoms with Crippen molar-refractivity contribution in [3.63, 3.8) is 0 Å². The first-order valence-electron chi connectivity index (χ1n) is 11.6. The second-order valence-electron chi connectivity index (χ2n) is 8.58. The summed E-state index contributed by atoms with van der Waals surface area (Å²) in [6.45, 7) is 4.43. The Morgan fingerprint density at radius 1 is 1.00 bits per heavy atom. The zero-order valence-corrected chi connectivity index (χ0v) is 18.5. The van der Waals surface area contributed by atoms with Gasteiger partial charge >= 0.3 is 6.09 Å². The molecule has 3 aromatic rings. The van der Waals surface area contributed by atoms with Crippen LogP contribution in [0, 0.1) is 0 Å². The van der Waals surface area contributed by atoms with Crippen molar-refractivity contribution in [1.82, 2.24) is 4.98 Å². The number of benzene rings is 2. The topological polar surface area (TPSA) is 54.5 Å². The minimum Gasteiger partial charge on any atom is -0.449 e. The third-order valence-corrected chi connectivity index (χ3v) is 6.52. The van der Waals surface area contributed by atoms with Crippen molar-refractivity contribution >= 4 is 17.6 Å². The lowest BCUT2D eigenvalue weighted by molar-refractivity contribution is 0.161. The molecular formula is C27H29N3O2. The molecule has 0 radical (unpaired) electrons. The monoisotopic (exact) mass is 427 g/mol. The molecule has 3 heterocycles. The van der Waals surface area contributed by atoms with Gasteiger partial charge in [-0.2, -0.15) is 0 Å². The summed E-state index contributed by atoms with van der Waals surface area (Å²) < 4.78 is 5.27. The number of nitrogens with one attached hydrogen (secondary N) is 1. The summed E-state index contributed by atoms with van der Waals surface area (Å²) in [5.74, 6) is 1.07. The van der Waals surface area contributed by atoms with Crippen LogP contribution in [0.4, 0.5) is 16.3 Å². The molecule has 5 heteroatoms. The number of pyridine rings is 1. The number of carbonyl (C=O) groups is 1. The summed E-state index contributed by atoms with van der Waals surface area (Å²) in [6, 6.07) is 23.3. The number of carbonyl (C=O) groups excluding carboxylic acids is 1. The second kappa shape index (κ2) is 9.03. The molecule has 0 saturated heterocycles. The minimum atomic E-state index is -0.442. The van der Waals surface area contributed by atoms with Crippen LogP contribution in [-0.4, -0.2) is 30.8 Å². The molecule has 0 spiro atoms. The highest BCUT2D eigenvalue weighted by Gasteiger charge is 2.36. The zero-order valence-electron chi connectivity index (χ0n) is 18.5. The summed E-state index contributed by atoms with van der Waals surface area (Å²) in [7, 11) is 0. The lowest BCUT2D eigenvalue weighted by Gasteiger charge is -2.42. The zero-order chi connectivity index (χ0) is 21.9. The first kappa shape index (κ1) is 20.6. The summed E-state index contributed by atoms with van der Waals surface area (Å²) in [6.07, 6.45) is 2.42. The molecule has 2 aliphatic heterocycles. The van der Waals surface area contributed by atoms with E-state index in [0.29, 0.717) is 12.4 Å². The van der Waals surface area contributed by atoms with Crippen LogP contribution in [0.5, 0.6) is 0 Å². The largest absolute Gasteiger partial charge is 0.449 e. The highest BCUT2D eigenvalue weighted by atomic mass is 16.5. The molecule has 1 amide bonds. The highest BCUT2D eigenvalue weighted by molar-refractivity contribution is 5.84. The molecule has 5 nitrogen and oxygen atoms in total. The van der Waals surface area contributed by atoms with Gasteiger partial charge in [-0.25, -0.2) is 9.78 Å². The molecule has 1 aromatic heterocycles. The molecule has 1 N–H and O–H groups in total. The summed E-state index contributed by atoms with van der Waals surface area (Å²) in [4.78, 5) is 19.8. The van der Waals surface area contributed by atoms with Crippen molar-refractivity contribution in [1.29, 1.82) is 0 Å². The summed E-state index contributed by atoms with van der Waals surface area (Å²) in [5.41, 5.74) is 6.14. The Morgan fingerprint density at radius 2 is 1.62 bits per heavy atom. The van der Waals surface area contributed by atoms with Gasteiger partial charge in [0, 0.05) is 24.9 Å². The number of aromatic nitrogens is 1. The normalized spacial score (nSPS) is 19.2. The van der Waals surface area contributed by atoms with Gasteiger partial charge in [0.15, 0.2) is 0 Å². The Labute approximate surface area is 189 Å². The van der Waals surface area contributed by atoms with Crippen molar-refractivity contribution in [2.24, 2.45) is 0 Å². The number of hydrogen-bond donors (Lipinski definition) is 1. The number of anilines is 2. The second-order valence-corrected chi connectivity index (χ2v) is 8.58. The molecule has 0 saturated carbocycles. The van der Waals surface area contributed by atoms with Crippen LogP contribution in [0.15, 0.2) is 66.7 Å². The van der Waals surface area contributed by atoms with Crippen LogP contribution in [0.2, 0.25) is 0 Å². The van der Waals surface area contributed by atoms with Crippen molar-refractivity contribution < 1.29 is 9.53 Å². The molecular weight excluding hydrogens is 398 g/mol. The number of rotatable bonds is 5. The molecule has 0 fully saturated rings. The first-order valence-corrected chi connectivity index (χ1v) is 11.6. The number of hydrogen-bond acceptors (Lipinski definition) is 4. The quantitative estimate of drug-likeness (QED) is 0.549. The van der Waals surface area contributed by atoms with E-state index in [9.17, 15) is 4.79 Å². The van der Waals surface area contributed by atoms with Crippen molar-refractivity contribution in [2.75, 3.05) is 29.9 Å². The molecule has 2 aromatic carbocycles. The van der Waals surface area contributed by atoms with E-state index >= 15 is 0 Å². The highest BCUT2D eigenvalue weighted by Crippen LogP contribution is 2.48. The van der Waals surface area contributed by atoms with Crippen LogP contribution in [0.25, 0.3) is 0 Å². The molecule has 2 atom stereocenters. The van der Waals surface area contributed by atoms with Gasteiger partial charge < -0.3 is 9.64 Å². The molecule has 0 bridgehead atoms. The van der Waals surface area contributed by atoms with Gasteiger partial charge in [-0.1, -0.05) is 67.6 Å².